The van der Waals surface area contributed by atoms with E-state index in [0.717, 1.165) is 24.0 Å². The molecule has 1 aliphatic carbocycles. The molecule has 4 N–H and O–H groups in total. The zero-order chi connectivity index (χ0) is 25.2. The van der Waals surface area contributed by atoms with Crippen molar-refractivity contribution in [1.82, 2.24) is 14.8 Å². The SMILES string of the molecule is COc1c(Nc2cc(NC(=O)C3CC3)ncc2C(N)=O)cccc1-c1cnn(C2COC[C@@H]2OC)c1. The molecule has 11 nitrogen and oxygen atoms in total. The second kappa shape index (κ2) is 9.96. The van der Waals surface area contributed by atoms with Crippen LogP contribution >= 0.6 is 0 Å². The lowest BCUT2D eigenvalue weighted by Crippen LogP contribution is -2.24. The van der Waals surface area contributed by atoms with Crippen molar-refractivity contribution in [2.24, 2.45) is 11.7 Å². The molecule has 3 heterocycles. The molecule has 2 aromatic heterocycles. The second-order valence-corrected chi connectivity index (χ2v) is 8.84. The molecule has 1 saturated heterocycles. The summed E-state index contributed by atoms with van der Waals surface area (Å²) in [5.74, 6) is 0.181. The van der Waals surface area contributed by atoms with Gasteiger partial charge >= 0.3 is 0 Å². The van der Waals surface area contributed by atoms with Gasteiger partial charge < -0.3 is 30.6 Å². The van der Waals surface area contributed by atoms with Crippen LogP contribution in [0.2, 0.25) is 0 Å². The van der Waals surface area contributed by atoms with E-state index < -0.39 is 5.91 Å². The Kier molecular flexibility index (Phi) is 6.57. The molecule has 36 heavy (non-hydrogen) atoms. The van der Waals surface area contributed by atoms with E-state index in [4.69, 9.17) is 19.9 Å². The predicted molar refractivity (Wildman–Crippen MR) is 132 cm³/mol. The number of carbonyl (C=O) groups excluding carboxylic acids is 2. The number of hydrogen-bond acceptors (Lipinski definition) is 8. The van der Waals surface area contributed by atoms with Crippen molar-refractivity contribution in [1.29, 1.82) is 0 Å². The van der Waals surface area contributed by atoms with E-state index in [2.05, 4.69) is 20.7 Å². The number of aromatic nitrogens is 3. The van der Waals surface area contributed by atoms with Crippen LogP contribution < -0.4 is 21.1 Å². The molecular formula is C25H28N6O5. The molecule has 2 atom stereocenters. The number of hydrogen-bond donors (Lipinski definition) is 3. The highest BCUT2D eigenvalue weighted by Gasteiger charge is 2.31. The van der Waals surface area contributed by atoms with Crippen LogP contribution in [0.1, 0.15) is 29.2 Å². The number of pyridine rings is 1. The molecule has 0 bridgehead atoms. The fraction of sp³-hybridized carbons (Fsp3) is 0.360. The Morgan fingerprint density at radius 3 is 2.72 bits per heavy atom. The first-order valence-corrected chi connectivity index (χ1v) is 11.7. The van der Waals surface area contributed by atoms with Crippen molar-refractivity contribution >= 4 is 29.0 Å². The average Bonchev–Trinajstić information content (AvgIpc) is 3.42. The number of anilines is 3. The largest absolute Gasteiger partial charge is 0.494 e. The number of methoxy groups -OCH3 is 2. The Labute approximate surface area is 207 Å². The van der Waals surface area contributed by atoms with Crippen LogP contribution in [0.4, 0.5) is 17.2 Å². The maximum atomic E-state index is 12.2. The third-order valence-electron chi connectivity index (χ3n) is 6.41. The lowest BCUT2D eigenvalue weighted by atomic mass is 10.1. The van der Waals surface area contributed by atoms with Gasteiger partial charge in [-0.1, -0.05) is 12.1 Å². The van der Waals surface area contributed by atoms with E-state index in [1.165, 1.54) is 6.20 Å². The van der Waals surface area contributed by atoms with E-state index in [-0.39, 0.29) is 29.5 Å². The number of primary amides is 1. The van der Waals surface area contributed by atoms with Gasteiger partial charge in [0.15, 0.2) is 0 Å². The number of rotatable bonds is 9. The van der Waals surface area contributed by atoms with E-state index in [1.54, 1.807) is 26.5 Å². The lowest BCUT2D eigenvalue weighted by molar-refractivity contribution is -0.117. The molecule has 1 aliphatic heterocycles. The zero-order valence-electron chi connectivity index (χ0n) is 20.1. The van der Waals surface area contributed by atoms with Crippen molar-refractivity contribution in [2.75, 3.05) is 38.1 Å². The molecule has 5 rings (SSSR count). The minimum absolute atomic E-state index is 0.0183. The van der Waals surface area contributed by atoms with Gasteiger partial charge in [0.2, 0.25) is 5.91 Å². The third-order valence-corrected chi connectivity index (χ3v) is 6.41. The highest BCUT2D eigenvalue weighted by molar-refractivity contribution is 6.01. The summed E-state index contributed by atoms with van der Waals surface area (Å²) in [6.07, 6.45) is 6.72. The number of ether oxygens (including phenoxy) is 3. The highest BCUT2D eigenvalue weighted by atomic mass is 16.5. The molecule has 11 heteroatoms. The predicted octanol–water partition coefficient (Wildman–Crippen LogP) is 2.73. The van der Waals surface area contributed by atoms with Gasteiger partial charge in [-0.05, 0) is 18.9 Å². The van der Waals surface area contributed by atoms with Gasteiger partial charge in [0.05, 0.1) is 43.5 Å². The maximum absolute atomic E-state index is 12.2. The van der Waals surface area contributed by atoms with Crippen molar-refractivity contribution in [3.05, 3.63) is 48.4 Å². The number of nitrogens with one attached hydrogen (secondary N) is 2. The summed E-state index contributed by atoms with van der Waals surface area (Å²) in [4.78, 5) is 28.5. The number of nitrogens with two attached hydrogens (primary N) is 1. The third kappa shape index (κ3) is 4.75. The van der Waals surface area contributed by atoms with Gasteiger partial charge in [-0.3, -0.25) is 14.3 Å². The van der Waals surface area contributed by atoms with Gasteiger partial charge in [0.25, 0.3) is 5.91 Å². The lowest BCUT2D eigenvalue weighted by Gasteiger charge is -2.17. The number of benzene rings is 1. The van der Waals surface area contributed by atoms with E-state index >= 15 is 0 Å². The monoisotopic (exact) mass is 492 g/mol. The van der Waals surface area contributed by atoms with Crippen LogP contribution in [0.25, 0.3) is 11.1 Å². The van der Waals surface area contributed by atoms with Gasteiger partial charge in [-0.15, -0.1) is 0 Å². The molecule has 0 spiro atoms. The van der Waals surface area contributed by atoms with Crippen LogP contribution in [-0.4, -0.2) is 60.1 Å². The summed E-state index contributed by atoms with van der Waals surface area (Å²) < 4.78 is 18.7. The van der Waals surface area contributed by atoms with E-state index in [1.807, 2.05) is 29.1 Å². The standard InChI is InChI=1S/C25H28N6O5/c1-34-21-13-36-12-20(21)31-11-15(9-28-31)16-4-3-5-18(23(16)35-2)29-19-8-22(27-10-17(19)24(26)32)30-25(33)14-6-7-14/h3-5,8-11,14,20-21H,6-7,12-13H2,1-2H3,(H2,26,32)(H2,27,29,30,33)/t20?,21-/m0/s1. The number of carbonyl (C=O) groups is 2. The summed E-state index contributed by atoms with van der Waals surface area (Å²) in [5, 5.41) is 10.6. The molecule has 1 unspecified atom stereocenters. The summed E-state index contributed by atoms with van der Waals surface area (Å²) in [6, 6.07) is 7.19. The molecule has 3 aromatic rings. The van der Waals surface area contributed by atoms with Crippen LogP contribution in [0.5, 0.6) is 5.75 Å². The molecule has 2 fully saturated rings. The Balaban J connectivity index is 1.45. The highest BCUT2D eigenvalue weighted by Crippen LogP contribution is 2.39. The quantitative estimate of drug-likeness (QED) is 0.414. The molecule has 0 radical (unpaired) electrons. The van der Waals surface area contributed by atoms with Crippen molar-refractivity contribution in [3.8, 4) is 16.9 Å². The molecule has 2 aliphatic rings. The van der Waals surface area contributed by atoms with Crippen molar-refractivity contribution < 1.29 is 23.8 Å². The zero-order valence-corrected chi connectivity index (χ0v) is 20.1. The van der Waals surface area contributed by atoms with E-state index in [0.29, 0.717) is 36.2 Å². The fourth-order valence-electron chi connectivity index (χ4n) is 4.28. The molecule has 1 saturated carbocycles. The van der Waals surface area contributed by atoms with Crippen LogP contribution in [0.15, 0.2) is 42.9 Å². The first-order valence-electron chi connectivity index (χ1n) is 11.7. The van der Waals surface area contributed by atoms with Crippen LogP contribution in [0, 0.1) is 5.92 Å². The summed E-state index contributed by atoms with van der Waals surface area (Å²) >= 11 is 0. The second-order valence-electron chi connectivity index (χ2n) is 8.84. The van der Waals surface area contributed by atoms with Crippen LogP contribution in [0.3, 0.4) is 0 Å². The molecular weight excluding hydrogens is 464 g/mol. The normalized spacial score (nSPS) is 19.2. The topological polar surface area (TPSA) is 143 Å². The number of para-hydroxylation sites is 1. The first kappa shape index (κ1) is 23.8. The first-order chi connectivity index (χ1) is 17.5. The summed E-state index contributed by atoms with van der Waals surface area (Å²) in [6.45, 7) is 1.05. The molecule has 1 aromatic carbocycles. The van der Waals surface area contributed by atoms with Crippen molar-refractivity contribution in [3.63, 3.8) is 0 Å². The van der Waals surface area contributed by atoms with Crippen LogP contribution in [-0.2, 0) is 14.3 Å². The number of amides is 2. The Bertz CT molecular complexity index is 1290. The number of nitrogens with zero attached hydrogens (tertiary/aromatic N) is 3. The van der Waals surface area contributed by atoms with Crippen molar-refractivity contribution in [2.45, 2.75) is 25.0 Å². The molecule has 2 amide bonds. The van der Waals surface area contributed by atoms with Gasteiger partial charge in [0.1, 0.15) is 23.7 Å². The Morgan fingerprint density at radius 2 is 2.00 bits per heavy atom. The van der Waals surface area contributed by atoms with E-state index in [9.17, 15) is 9.59 Å². The molecule has 188 valence electrons. The van der Waals surface area contributed by atoms with Gasteiger partial charge in [-0.25, -0.2) is 4.98 Å². The average molecular weight is 493 g/mol. The fourth-order valence-corrected chi connectivity index (χ4v) is 4.28. The van der Waals surface area contributed by atoms with Gasteiger partial charge in [0, 0.05) is 42.6 Å². The minimum atomic E-state index is -0.645. The van der Waals surface area contributed by atoms with Gasteiger partial charge in [-0.2, -0.15) is 5.10 Å². The smallest absolute Gasteiger partial charge is 0.252 e. The summed E-state index contributed by atoms with van der Waals surface area (Å²) in [5.41, 5.74) is 8.43. The summed E-state index contributed by atoms with van der Waals surface area (Å²) in [7, 11) is 3.24. The Morgan fingerprint density at radius 1 is 1.17 bits per heavy atom. The maximum Gasteiger partial charge on any atom is 0.252 e. The minimum Gasteiger partial charge on any atom is -0.494 e. The Hall–Kier alpha value is -3.96.